The van der Waals surface area contributed by atoms with Crippen molar-refractivity contribution in [1.82, 2.24) is 10.2 Å². The van der Waals surface area contributed by atoms with Gasteiger partial charge in [0.05, 0.1) is 17.7 Å². The zero-order valence-electron chi connectivity index (χ0n) is 14.4. The number of fused-ring (bicyclic) bond motifs is 1. The average molecular weight is 374 g/mol. The lowest BCUT2D eigenvalue weighted by atomic mass is 9.77. The van der Waals surface area contributed by atoms with Crippen molar-refractivity contribution in [2.75, 3.05) is 13.1 Å². The molecular formula is C18H22F4N2O2. The number of nitrogens with one attached hydrogen (secondary N) is 1. The van der Waals surface area contributed by atoms with Crippen molar-refractivity contribution in [3.63, 3.8) is 0 Å². The topological polar surface area (TPSA) is 52.6 Å². The molecule has 0 radical (unpaired) electrons. The number of rotatable bonds is 3. The largest absolute Gasteiger partial charge is 0.416 e. The van der Waals surface area contributed by atoms with Gasteiger partial charge in [0.2, 0.25) is 5.91 Å². The van der Waals surface area contributed by atoms with Crippen LogP contribution in [0, 0.1) is 17.7 Å². The summed E-state index contributed by atoms with van der Waals surface area (Å²) in [5.41, 5.74) is -0.889. The van der Waals surface area contributed by atoms with Crippen molar-refractivity contribution in [3.8, 4) is 0 Å². The van der Waals surface area contributed by atoms with Gasteiger partial charge in [-0.2, -0.15) is 13.2 Å². The highest BCUT2D eigenvalue weighted by atomic mass is 19.4. The summed E-state index contributed by atoms with van der Waals surface area (Å²) in [5.74, 6) is -0.543. The molecule has 0 spiro atoms. The minimum Gasteiger partial charge on any atom is -0.391 e. The predicted octanol–water partition coefficient (Wildman–Crippen LogP) is 2.55. The first-order chi connectivity index (χ1) is 12.1. The van der Waals surface area contributed by atoms with E-state index in [9.17, 15) is 27.5 Å². The lowest BCUT2D eigenvalue weighted by molar-refractivity contribution is -0.138. The van der Waals surface area contributed by atoms with Crippen molar-refractivity contribution in [2.45, 2.75) is 44.6 Å². The molecule has 144 valence electrons. The number of nitrogens with zero attached hydrogens (tertiary/aromatic N) is 1. The van der Waals surface area contributed by atoms with Crippen molar-refractivity contribution in [1.29, 1.82) is 0 Å². The minimum absolute atomic E-state index is 0.0144. The number of carbonyl (C=O) groups is 1. The van der Waals surface area contributed by atoms with Crippen LogP contribution in [0.3, 0.4) is 0 Å². The molecule has 0 aromatic heterocycles. The average Bonchev–Trinajstić information content (AvgIpc) is 2.86. The van der Waals surface area contributed by atoms with Gasteiger partial charge in [0.25, 0.3) is 0 Å². The van der Waals surface area contributed by atoms with Crippen LogP contribution in [-0.2, 0) is 17.5 Å². The third kappa shape index (κ3) is 4.17. The van der Waals surface area contributed by atoms with E-state index in [4.69, 9.17) is 0 Å². The summed E-state index contributed by atoms with van der Waals surface area (Å²) in [4.78, 5) is 13.1. The van der Waals surface area contributed by atoms with Gasteiger partial charge in [0.1, 0.15) is 5.82 Å². The zero-order chi connectivity index (χ0) is 19.1. The van der Waals surface area contributed by atoms with Gasteiger partial charge in [-0.15, -0.1) is 0 Å². The number of aliphatic hydroxyl groups is 1. The predicted molar refractivity (Wildman–Crippen MR) is 86.5 cm³/mol. The van der Waals surface area contributed by atoms with Crippen LogP contribution in [0.1, 0.15) is 30.9 Å². The molecule has 1 aromatic rings. The van der Waals surface area contributed by atoms with Crippen LogP contribution in [0.2, 0.25) is 0 Å². The molecule has 1 saturated heterocycles. The quantitative estimate of drug-likeness (QED) is 0.800. The molecule has 26 heavy (non-hydrogen) atoms. The maximum Gasteiger partial charge on any atom is 0.416 e. The van der Waals surface area contributed by atoms with Crippen LogP contribution in [-0.4, -0.2) is 41.1 Å². The SMILES string of the molecule is CC(=O)N[C@@H]1C[C@@H]2CN(Cc3cc(F)ccc3C(F)(F)F)C[C@@H]2C[C@H]1O. The fraction of sp³-hybridized carbons (Fsp3) is 0.611. The second-order valence-electron chi connectivity index (χ2n) is 7.36. The van der Waals surface area contributed by atoms with E-state index in [0.717, 1.165) is 18.2 Å². The minimum atomic E-state index is -4.53. The highest BCUT2D eigenvalue weighted by Crippen LogP contribution is 2.38. The van der Waals surface area contributed by atoms with E-state index >= 15 is 0 Å². The van der Waals surface area contributed by atoms with Crippen LogP contribution in [0.25, 0.3) is 0 Å². The van der Waals surface area contributed by atoms with E-state index < -0.39 is 23.7 Å². The molecule has 4 atom stereocenters. The first-order valence-corrected chi connectivity index (χ1v) is 8.66. The smallest absolute Gasteiger partial charge is 0.391 e. The molecule has 1 heterocycles. The Morgan fingerprint density at radius 3 is 2.54 bits per heavy atom. The van der Waals surface area contributed by atoms with E-state index in [1.807, 2.05) is 4.90 Å². The standard InChI is InChI=1S/C18H22F4N2O2/c1-10(25)23-16-5-11-7-24(8-12(11)6-17(16)26)9-13-4-14(19)2-3-15(13)18(20,21)22/h2-4,11-12,16-17,26H,5-9H2,1H3,(H,23,25)/t11-,12+,16-,17-/m1/s1. The van der Waals surface area contributed by atoms with Gasteiger partial charge in [-0.1, -0.05) is 0 Å². The zero-order valence-corrected chi connectivity index (χ0v) is 14.4. The third-order valence-corrected chi connectivity index (χ3v) is 5.37. The van der Waals surface area contributed by atoms with Crippen LogP contribution < -0.4 is 5.32 Å². The number of hydrogen-bond donors (Lipinski definition) is 2. The van der Waals surface area contributed by atoms with E-state index in [0.29, 0.717) is 25.9 Å². The van der Waals surface area contributed by atoms with Crippen molar-refractivity contribution >= 4 is 5.91 Å². The van der Waals surface area contributed by atoms with Crippen LogP contribution >= 0.6 is 0 Å². The summed E-state index contributed by atoms with van der Waals surface area (Å²) in [7, 11) is 0. The number of alkyl halides is 3. The normalized spacial score (nSPS) is 29.5. The van der Waals surface area contributed by atoms with Crippen molar-refractivity contribution < 1.29 is 27.5 Å². The second-order valence-corrected chi connectivity index (χ2v) is 7.36. The number of hydrogen-bond acceptors (Lipinski definition) is 3. The Labute approximate surface area is 149 Å². The molecule has 1 aliphatic carbocycles. The van der Waals surface area contributed by atoms with Gasteiger partial charge in [0.15, 0.2) is 0 Å². The van der Waals surface area contributed by atoms with E-state index in [2.05, 4.69) is 5.32 Å². The lowest BCUT2D eigenvalue weighted by Crippen LogP contribution is -2.48. The molecule has 4 nitrogen and oxygen atoms in total. The van der Waals surface area contributed by atoms with Gasteiger partial charge in [0, 0.05) is 26.6 Å². The fourth-order valence-electron chi connectivity index (χ4n) is 4.28. The monoisotopic (exact) mass is 374 g/mol. The molecule has 0 bridgehead atoms. The fourth-order valence-corrected chi connectivity index (χ4v) is 4.28. The summed E-state index contributed by atoms with van der Waals surface area (Å²) in [6, 6.07) is 2.22. The maximum absolute atomic E-state index is 13.5. The highest BCUT2D eigenvalue weighted by Gasteiger charge is 2.42. The van der Waals surface area contributed by atoms with Crippen LogP contribution in [0.5, 0.6) is 0 Å². The number of halogens is 4. The highest BCUT2D eigenvalue weighted by molar-refractivity contribution is 5.73. The van der Waals surface area contributed by atoms with E-state index in [1.54, 1.807) is 0 Å². The van der Waals surface area contributed by atoms with Gasteiger partial charge in [-0.3, -0.25) is 9.69 Å². The molecule has 8 heteroatoms. The van der Waals surface area contributed by atoms with E-state index in [1.165, 1.54) is 6.92 Å². The number of amides is 1. The first-order valence-electron chi connectivity index (χ1n) is 8.66. The molecule has 2 fully saturated rings. The number of carbonyl (C=O) groups excluding carboxylic acids is 1. The molecule has 1 aliphatic heterocycles. The van der Waals surface area contributed by atoms with Gasteiger partial charge < -0.3 is 10.4 Å². The Hall–Kier alpha value is -1.67. The maximum atomic E-state index is 13.5. The molecule has 3 rings (SSSR count). The Kier molecular flexibility index (Phi) is 5.25. The molecule has 1 saturated carbocycles. The Morgan fingerprint density at radius 2 is 1.92 bits per heavy atom. The number of likely N-dealkylation sites (tertiary alicyclic amines) is 1. The number of aliphatic hydroxyl groups excluding tert-OH is 1. The second kappa shape index (κ2) is 7.15. The Morgan fingerprint density at radius 1 is 1.27 bits per heavy atom. The van der Waals surface area contributed by atoms with Gasteiger partial charge >= 0.3 is 6.18 Å². The Balaban J connectivity index is 1.71. The van der Waals surface area contributed by atoms with E-state index in [-0.39, 0.29) is 35.9 Å². The summed E-state index contributed by atoms with van der Waals surface area (Å²) in [6.07, 6.45) is -4.08. The molecule has 1 amide bonds. The summed E-state index contributed by atoms with van der Waals surface area (Å²) in [5, 5.41) is 12.9. The molecule has 2 aliphatic rings. The van der Waals surface area contributed by atoms with Gasteiger partial charge in [-0.05, 0) is 48.4 Å². The molecule has 2 N–H and O–H groups in total. The molecule has 1 aromatic carbocycles. The Bertz CT molecular complexity index is 680. The summed E-state index contributed by atoms with van der Waals surface area (Å²) in [6.45, 7) is 2.53. The third-order valence-electron chi connectivity index (χ3n) is 5.37. The lowest BCUT2D eigenvalue weighted by Gasteiger charge is -2.35. The molecule has 0 unspecified atom stereocenters. The van der Waals surface area contributed by atoms with Crippen LogP contribution in [0.15, 0.2) is 18.2 Å². The summed E-state index contributed by atoms with van der Waals surface area (Å²) < 4.78 is 52.9. The van der Waals surface area contributed by atoms with Crippen molar-refractivity contribution in [2.24, 2.45) is 11.8 Å². The molecular weight excluding hydrogens is 352 g/mol. The van der Waals surface area contributed by atoms with Crippen molar-refractivity contribution in [3.05, 3.63) is 35.1 Å². The first kappa shape index (κ1) is 19.1. The summed E-state index contributed by atoms with van der Waals surface area (Å²) >= 11 is 0. The van der Waals surface area contributed by atoms with Crippen LogP contribution in [0.4, 0.5) is 17.6 Å². The number of benzene rings is 1. The van der Waals surface area contributed by atoms with Gasteiger partial charge in [-0.25, -0.2) is 4.39 Å².